The number of nitrogens with one attached hydrogen (secondary N) is 1. The Hall–Kier alpha value is -1.20. The van der Waals surface area contributed by atoms with Crippen LogP contribution in [0.3, 0.4) is 0 Å². The molecule has 4 nitrogen and oxygen atoms in total. The van der Waals surface area contributed by atoms with Gasteiger partial charge in [-0.25, -0.2) is 0 Å². The van der Waals surface area contributed by atoms with E-state index in [0.717, 1.165) is 41.0 Å². The van der Waals surface area contributed by atoms with Gasteiger partial charge in [-0.3, -0.25) is 0 Å². The van der Waals surface area contributed by atoms with Crippen LogP contribution in [0.15, 0.2) is 16.5 Å². The van der Waals surface area contributed by atoms with Crippen molar-refractivity contribution in [3.8, 4) is 10.8 Å². The SMILES string of the molecule is CCc1ccc(-c2nnc(CNCC(C)C)s2)o1. The van der Waals surface area contributed by atoms with Crippen LogP contribution >= 0.6 is 11.3 Å². The number of furan rings is 1. The maximum atomic E-state index is 5.66. The summed E-state index contributed by atoms with van der Waals surface area (Å²) in [7, 11) is 0. The van der Waals surface area contributed by atoms with Gasteiger partial charge in [-0.05, 0) is 24.6 Å². The molecular weight excluding hydrogens is 246 g/mol. The molecule has 0 aliphatic rings. The van der Waals surface area contributed by atoms with Gasteiger partial charge >= 0.3 is 0 Å². The summed E-state index contributed by atoms with van der Waals surface area (Å²) < 4.78 is 5.66. The Morgan fingerprint density at radius 2 is 2.17 bits per heavy atom. The molecule has 0 aliphatic heterocycles. The molecule has 0 aliphatic carbocycles. The zero-order valence-corrected chi connectivity index (χ0v) is 11.9. The Balaban J connectivity index is 1.97. The minimum atomic E-state index is 0.648. The van der Waals surface area contributed by atoms with E-state index in [4.69, 9.17) is 4.42 Å². The van der Waals surface area contributed by atoms with E-state index in [1.807, 2.05) is 12.1 Å². The Labute approximate surface area is 111 Å². The van der Waals surface area contributed by atoms with Gasteiger partial charge in [-0.1, -0.05) is 32.1 Å². The molecule has 18 heavy (non-hydrogen) atoms. The van der Waals surface area contributed by atoms with Crippen LogP contribution in [0.4, 0.5) is 0 Å². The molecule has 0 aromatic carbocycles. The molecule has 98 valence electrons. The highest BCUT2D eigenvalue weighted by Gasteiger charge is 2.10. The largest absolute Gasteiger partial charge is 0.459 e. The second kappa shape index (κ2) is 6.11. The molecule has 2 heterocycles. The standard InChI is InChI=1S/C13H19N3OS/c1-4-10-5-6-11(17-10)13-16-15-12(18-13)8-14-7-9(2)3/h5-6,9,14H,4,7-8H2,1-3H3. The lowest BCUT2D eigenvalue weighted by molar-refractivity contribution is 0.528. The average molecular weight is 265 g/mol. The van der Waals surface area contributed by atoms with Crippen LogP contribution < -0.4 is 5.32 Å². The smallest absolute Gasteiger partial charge is 0.183 e. The second-order valence-electron chi connectivity index (χ2n) is 4.65. The third-order valence-electron chi connectivity index (χ3n) is 2.52. The van der Waals surface area contributed by atoms with Crippen molar-refractivity contribution in [1.82, 2.24) is 15.5 Å². The van der Waals surface area contributed by atoms with Gasteiger partial charge in [-0.15, -0.1) is 10.2 Å². The Kier molecular flexibility index (Phi) is 4.49. The average Bonchev–Trinajstić information content (AvgIpc) is 2.95. The van der Waals surface area contributed by atoms with Crippen molar-refractivity contribution in [3.63, 3.8) is 0 Å². The highest BCUT2D eigenvalue weighted by atomic mass is 32.1. The molecule has 0 fully saturated rings. The van der Waals surface area contributed by atoms with E-state index in [1.165, 1.54) is 0 Å². The molecule has 0 amide bonds. The van der Waals surface area contributed by atoms with Crippen molar-refractivity contribution in [3.05, 3.63) is 22.9 Å². The lowest BCUT2D eigenvalue weighted by atomic mass is 10.2. The number of nitrogens with zero attached hydrogens (tertiary/aromatic N) is 2. The van der Waals surface area contributed by atoms with Crippen molar-refractivity contribution < 1.29 is 4.42 Å². The van der Waals surface area contributed by atoms with Gasteiger partial charge in [0.05, 0.1) is 0 Å². The van der Waals surface area contributed by atoms with E-state index in [2.05, 4.69) is 36.3 Å². The Morgan fingerprint density at radius 1 is 1.33 bits per heavy atom. The van der Waals surface area contributed by atoms with Gasteiger partial charge in [0.1, 0.15) is 10.8 Å². The fourth-order valence-corrected chi connectivity index (χ4v) is 2.35. The van der Waals surface area contributed by atoms with E-state index < -0.39 is 0 Å². The van der Waals surface area contributed by atoms with Crippen molar-refractivity contribution in [1.29, 1.82) is 0 Å². The van der Waals surface area contributed by atoms with Crippen LogP contribution in [0.1, 0.15) is 31.5 Å². The van der Waals surface area contributed by atoms with Crippen LogP contribution in [0.5, 0.6) is 0 Å². The van der Waals surface area contributed by atoms with Crippen LogP contribution in [0.25, 0.3) is 10.8 Å². The summed E-state index contributed by atoms with van der Waals surface area (Å²) in [6.07, 6.45) is 0.904. The second-order valence-corrected chi connectivity index (χ2v) is 5.71. The van der Waals surface area contributed by atoms with Gasteiger partial charge in [0.15, 0.2) is 10.8 Å². The molecule has 0 saturated heterocycles. The normalized spacial score (nSPS) is 11.3. The molecule has 2 rings (SSSR count). The summed E-state index contributed by atoms with van der Waals surface area (Å²) in [5.41, 5.74) is 0. The maximum absolute atomic E-state index is 5.66. The fraction of sp³-hybridized carbons (Fsp3) is 0.538. The van der Waals surface area contributed by atoms with E-state index in [0.29, 0.717) is 5.92 Å². The maximum Gasteiger partial charge on any atom is 0.183 e. The molecule has 0 saturated carbocycles. The predicted octanol–water partition coefficient (Wildman–Crippen LogP) is 3.11. The number of hydrogen-bond donors (Lipinski definition) is 1. The molecular formula is C13H19N3OS. The number of rotatable bonds is 6. The molecule has 0 radical (unpaired) electrons. The summed E-state index contributed by atoms with van der Waals surface area (Å²) in [5.74, 6) is 2.45. The van der Waals surface area contributed by atoms with Gasteiger partial charge in [0, 0.05) is 13.0 Å². The summed E-state index contributed by atoms with van der Waals surface area (Å²) in [6, 6.07) is 3.96. The van der Waals surface area contributed by atoms with Crippen molar-refractivity contribution in [2.24, 2.45) is 5.92 Å². The van der Waals surface area contributed by atoms with Crippen LogP contribution in [-0.2, 0) is 13.0 Å². The quantitative estimate of drug-likeness (QED) is 0.872. The van der Waals surface area contributed by atoms with Crippen molar-refractivity contribution in [2.45, 2.75) is 33.7 Å². The predicted molar refractivity (Wildman–Crippen MR) is 73.5 cm³/mol. The molecule has 2 aromatic rings. The highest BCUT2D eigenvalue weighted by Crippen LogP contribution is 2.25. The first-order chi connectivity index (χ1) is 8.69. The highest BCUT2D eigenvalue weighted by molar-refractivity contribution is 7.14. The van der Waals surface area contributed by atoms with E-state index >= 15 is 0 Å². The molecule has 0 spiro atoms. The van der Waals surface area contributed by atoms with Gasteiger partial charge in [0.25, 0.3) is 0 Å². The van der Waals surface area contributed by atoms with Crippen molar-refractivity contribution >= 4 is 11.3 Å². The van der Waals surface area contributed by atoms with Crippen LogP contribution in [0.2, 0.25) is 0 Å². The van der Waals surface area contributed by atoms with Crippen molar-refractivity contribution in [2.75, 3.05) is 6.54 Å². The molecule has 1 N–H and O–H groups in total. The number of aryl methyl sites for hydroxylation is 1. The van der Waals surface area contributed by atoms with Crippen LogP contribution in [-0.4, -0.2) is 16.7 Å². The summed E-state index contributed by atoms with van der Waals surface area (Å²) in [5, 5.41) is 13.6. The third kappa shape index (κ3) is 3.40. The van der Waals surface area contributed by atoms with E-state index in [-0.39, 0.29) is 0 Å². The minimum absolute atomic E-state index is 0.648. The fourth-order valence-electron chi connectivity index (χ4n) is 1.58. The summed E-state index contributed by atoms with van der Waals surface area (Å²) in [6.45, 7) is 8.22. The first kappa shape index (κ1) is 13.2. The molecule has 0 atom stereocenters. The first-order valence-electron chi connectivity index (χ1n) is 6.31. The minimum Gasteiger partial charge on any atom is -0.459 e. The van der Waals surface area contributed by atoms with Crippen LogP contribution in [0, 0.1) is 5.92 Å². The van der Waals surface area contributed by atoms with Gasteiger partial charge in [0.2, 0.25) is 0 Å². The lowest BCUT2D eigenvalue weighted by Crippen LogP contribution is -2.18. The number of aromatic nitrogens is 2. The monoisotopic (exact) mass is 265 g/mol. The van der Waals surface area contributed by atoms with E-state index in [1.54, 1.807) is 11.3 Å². The molecule has 5 heteroatoms. The van der Waals surface area contributed by atoms with Gasteiger partial charge in [-0.2, -0.15) is 0 Å². The van der Waals surface area contributed by atoms with E-state index in [9.17, 15) is 0 Å². The zero-order valence-electron chi connectivity index (χ0n) is 11.1. The Bertz CT molecular complexity index is 490. The molecule has 0 unspecified atom stereocenters. The summed E-state index contributed by atoms with van der Waals surface area (Å²) >= 11 is 1.58. The molecule has 0 bridgehead atoms. The third-order valence-corrected chi connectivity index (χ3v) is 3.45. The lowest BCUT2D eigenvalue weighted by Gasteiger charge is -2.03. The molecule has 2 aromatic heterocycles. The van der Waals surface area contributed by atoms with Gasteiger partial charge < -0.3 is 9.73 Å². The first-order valence-corrected chi connectivity index (χ1v) is 7.13. The number of hydrogen-bond acceptors (Lipinski definition) is 5. The Morgan fingerprint density at radius 3 is 2.83 bits per heavy atom. The topological polar surface area (TPSA) is 51.0 Å². The zero-order chi connectivity index (χ0) is 13.0. The summed E-state index contributed by atoms with van der Waals surface area (Å²) in [4.78, 5) is 0.